The lowest BCUT2D eigenvalue weighted by molar-refractivity contribution is 0.214. The number of ether oxygens (including phenoxy) is 1. The van der Waals surface area contributed by atoms with Crippen molar-refractivity contribution in [2.24, 2.45) is 0 Å². The summed E-state index contributed by atoms with van der Waals surface area (Å²) >= 11 is 7.69. The summed E-state index contributed by atoms with van der Waals surface area (Å²) in [5.74, 6) is 1.63. The van der Waals surface area contributed by atoms with Crippen LogP contribution < -0.4 is 10.1 Å². The molecule has 2 aromatic rings. The molecule has 1 saturated heterocycles. The minimum atomic E-state index is -0.108. The van der Waals surface area contributed by atoms with Crippen molar-refractivity contribution in [2.45, 2.75) is 5.37 Å². The van der Waals surface area contributed by atoms with Crippen LogP contribution in [-0.2, 0) is 0 Å². The van der Waals surface area contributed by atoms with Crippen LogP contribution in [0.2, 0.25) is 5.02 Å². The number of hydrogen-bond donors (Lipinski definition) is 1. The number of carbonyl (C=O) groups excluding carboxylic acids is 1. The van der Waals surface area contributed by atoms with Crippen LogP contribution >= 0.6 is 23.4 Å². The van der Waals surface area contributed by atoms with Gasteiger partial charge in [-0.15, -0.1) is 11.8 Å². The molecular weight excluding hydrogens is 332 g/mol. The minimum absolute atomic E-state index is 0.0119. The van der Waals surface area contributed by atoms with E-state index < -0.39 is 0 Å². The Balaban J connectivity index is 1.74. The molecule has 0 spiro atoms. The molecule has 0 radical (unpaired) electrons. The maximum atomic E-state index is 12.6. The highest BCUT2D eigenvalue weighted by Gasteiger charge is 2.30. The molecule has 1 fully saturated rings. The van der Waals surface area contributed by atoms with Crippen LogP contribution in [0.15, 0.2) is 48.5 Å². The van der Waals surface area contributed by atoms with E-state index in [1.54, 1.807) is 24.9 Å². The standard InChI is InChI=1S/C17H17ClN2O2S/c1-22-15-4-2-3-14(11-15)19-17(21)20-9-10-23-16(20)12-5-7-13(18)8-6-12/h2-8,11,16H,9-10H2,1H3,(H,19,21)/t16-/m1/s1. The number of benzene rings is 2. The second kappa shape index (κ2) is 7.15. The van der Waals surface area contributed by atoms with Crippen LogP contribution in [0.4, 0.5) is 10.5 Å². The molecule has 120 valence electrons. The molecule has 2 amide bonds. The molecule has 4 nitrogen and oxygen atoms in total. The highest BCUT2D eigenvalue weighted by atomic mass is 35.5. The molecule has 6 heteroatoms. The van der Waals surface area contributed by atoms with Gasteiger partial charge in [0.15, 0.2) is 0 Å². The molecule has 3 rings (SSSR count). The fourth-order valence-corrected chi connectivity index (χ4v) is 3.86. The number of halogens is 1. The third-order valence-corrected chi connectivity index (χ3v) is 5.14. The van der Waals surface area contributed by atoms with Gasteiger partial charge >= 0.3 is 6.03 Å². The Morgan fingerprint density at radius 1 is 1.30 bits per heavy atom. The predicted octanol–water partition coefficient (Wildman–Crippen LogP) is 4.63. The Kier molecular flexibility index (Phi) is 4.98. The van der Waals surface area contributed by atoms with Gasteiger partial charge < -0.3 is 15.0 Å². The van der Waals surface area contributed by atoms with Crippen molar-refractivity contribution >= 4 is 35.1 Å². The molecule has 1 heterocycles. The Morgan fingerprint density at radius 2 is 2.09 bits per heavy atom. The lowest BCUT2D eigenvalue weighted by atomic mass is 10.2. The van der Waals surface area contributed by atoms with Crippen molar-refractivity contribution in [2.75, 3.05) is 24.7 Å². The number of nitrogens with zero attached hydrogens (tertiary/aromatic N) is 1. The summed E-state index contributed by atoms with van der Waals surface area (Å²) in [7, 11) is 1.61. The second-order valence-electron chi connectivity index (χ2n) is 5.13. The minimum Gasteiger partial charge on any atom is -0.497 e. The Morgan fingerprint density at radius 3 is 2.83 bits per heavy atom. The summed E-state index contributed by atoms with van der Waals surface area (Å²) in [4.78, 5) is 14.4. The fraction of sp³-hybridized carbons (Fsp3) is 0.235. The number of urea groups is 1. The van der Waals surface area contributed by atoms with Crippen molar-refractivity contribution in [1.29, 1.82) is 0 Å². The zero-order chi connectivity index (χ0) is 16.2. The molecule has 0 aliphatic carbocycles. The Hall–Kier alpha value is -1.85. The Labute approximate surface area is 144 Å². The van der Waals surface area contributed by atoms with Gasteiger partial charge in [-0.3, -0.25) is 0 Å². The quantitative estimate of drug-likeness (QED) is 0.879. The summed E-state index contributed by atoms with van der Waals surface area (Å²) in [6.45, 7) is 0.716. The first kappa shape index (κ1) is 16.0. The molecule has 1 N–H and O–H groups in total. The summed E-state index contributed by atoms with van der Waals surface area (Å²) < 4.78 is 5.18. The van der Waals surface area contributed by atoms with Gasteiger partial charge in [-0.1, -0.05) is 29.8 Å². The van der Waals surface area contributed by atoms with Crippen molar-refractivity contribution in [3.05, 3.63) is 59.1 Å². The SMILES string of the molecule is COc1cccc(NC(=O)N2CCS[C@@H]2c2ccc(Cl)cc2)c1. The van der Waals surface area contributed by atoms with E-state index in [0.29, 0.717) is 17.3 Å². The molecule has 23 heavy (non-hydrogen) atoms. The van der Waals surface area contributed by atoms with E-state index in [-0.39, 0.29) is 11.4 Å². The van der Waals surface area contributed by atoms with Crippen molar-refractivity contribution in [3.8, 4) is 5.75 Å². The van der Waals surface area contributed by atoms with Gasteiger partial charge in [0.1, 0.15) is 11.1 Å². The van der Waals surface area contributed by atoms with Gasteiger partial charge in [0.05, 0.1) is 7.11 Å². The first-order valence-corrected chi connectivity index (χ1v) is 8.69. The highest BCUT2D eigenvalue weighted by molar-refractivity contribution is 7.99. The molecule has 0 unspecified atom stereocenters. The number of rotatable bonds is 3. The number of methoxy groups -OCH3 is 1. The average molecular weight is 349 g/mol. The lowest BCUT2D eigenvalue weighted by Crippen LogP contribution is -2.34. The number of carbonyl (C=O) groups is 1. The monoisotopic (exact) mass is 348 g/mol. The smallest absolute Gasteiger partial charge is 0.323 e. The van der Waals surface area contributed by atoms with Gasteiger partial charge in [-0.25, -0.2) is 4.79 Å². The molecule has 0 saturated carbocycles. The fourth-order valence-electron chi connectivity index (χ4n) is 2.48. The normalized spacial score (nSPS) is 17.1. The zero-order valence-electron chi connectivity index (χ0n) is 12.7. The lowest BCUT2D eigenvalue weighted by Gasteiger charge is -2.24. The van der Waals surface area contributed by atoms with E-state index >= 15 is 0 Å². The van der Waals surface area contributed by atoms with E-state index in [2.05, 4.69) is 5.32 Å². The molecular formula is C17H17ClN2O2S. The maximum absolute atomic E-state index is 12.6. The van der Waals surface area contributed by atoms with Crippen LogP contribution in [0.25, 0.3) is 0 Å². The summed E-state index contributed by atoms with van der Waals surface area (Å²) in [6.07, 6.45) is 0. The topological polar surface area (TPSA) is 41.6 Å². The second-order valence-corrected chi connectivity index (χ2v) is 6.75. The number of hydrogen-bond acceptors (Lipinski definition) is 3. The average Bonchev–Trinajstić information content (AvgIpc) is 3.05. The summed E-state index contributed by atoms with van der Waals surface area (Å²) in [6, 6.07) is 14.9. The van der Waals surface area contributed by atoms with E-state index in [1.165, 1.54) is 0 Å². The van der Waals surface area contributed by atoms with E-state index in [0.717, 1.165) is 17.0 Å². The number of anilines is 1. The van der Waals surface area contributed by atoms with Crippen LogP contribution in [0.1, 0.15) is 10.9 Å². The van der Waals surface area contributed by atoms with Gasteiger partial charge in [-0.05, 0) is 29.8 Å². The summed E-state index contributed by atoms with van der Waals surface area (Å²) in [5.41, 5.74) is 1.80. The van der Waals surface area contributed by atoms with Crippen LogP contribution in [0.5, 0.6) is 5.75 Å². The van der Waals surface area contributed by atoms with E-state index in [1.807, 2.05) is 47.4 Å². The van der Waals surface area contributed by atoms with Gasteiger partial charge in [0, 0.05) is 29.1 Å². The van der Waals surface area contributed by atoms with E-state index in [4.69, 9.17) is 16.3 Å². The molecule has 1 aliphatic rings. The molecule has 0 aromatic heterocycles. The van der Waals surface area contributed by atoms with Crippen molar-refractivity contribution < 1.29 is 9.53 Å². The predicted molar refractivity (Wildman–Crippen MR) is 95.4 cm³/mol. The number of amides is 2. The van der Waals surface area contributed by atoms with Crippen LogP contribution in [-0.4, -0.2) is 30.3 Å². The van der Waals surface area contributed by atoms with Crippen molar-refractivity contribution in [1.82, 2.24) is 4.90 Å². The maximum Gasteiger partial charge on any atom is 0.323 e. The number of nitrogens with one attached hydrogen (secondary N) is 1. The van der Waals surface area contributed by atoms with Gasteiger partial charge in [-0.2, -0.15) is 0 Å². The highest BCUT2D eigenvalue weighted by Crippen LogP contribution is 2.38. The molecule has 0 bridgehead atoms. The van der Waals surface area contributed by atoms with Crippen molar-refractivity contribution in [3.63, 3.8) is 0 Å². The largest absolute Gasteiger partial charge is 0.497 e. The van der Waals surface area contributed by atoms with Gasteiger partial charge in [0.25, 0.3) is 0 Å². The molecule has 1 aliphatic heterocycles. The molecule has 2 aromatic carbocycles. The zero-order valence-corrected chi connectivity index (χ0v) is 14.2. The third kappa shape index (κ3) is 3.74. The third-order valence-electron chi connectivity index (χ3n) is 3.63. The van der Waals surface area contributed by atoms with E-state index in [9.17, 15) is 4.79 Å². The van der Waals surface area contributed by atoms with Crippen LogP contribution in [0, 0.1) is 0 Å². The first-order chi connectivity index (χ1) is 11.2. The summed E-state index contributed by atoms with van der Waals surface area (Å²) in [5, 5.41) is 3.65. The first-order valence-electron chi connectivity index (χ1n) is 7.26. The Bertz CT molecular complexity index is 693. The van der Waals surface area contributed by atoms with Gasteiger partial charge in [0.2, 0.25) is 0 Å². The van der Waals surface area contributed by atoms with Crippen LogP contribution in [0.3, 0.4) is 0 Å². The molecule has 1 atom stereocenters. The number of thioether (sulfide) groups is 1.